The second kappa shape index (κ2) is 8.37. The van der Waals surface area contributed by atoms with E-state index in [1.54, 1.807) is 17.2 Å². The molecule has 1 saturated heterocycles. The van der Waals surface area contributed by atoms with Crippen molar-refractivity contribution >= 4 is 11.8 Å². The van der Waals surface area contributed by atoms with Crippen LogP contribution in [0.4, 0.5) is 0 Å². The van der Waals surface area contributed by atoms with Gasteiger partial charge in [-0.1, -0.05) is 18.2 Å². The van der Waals surface area contributed by atoms with Gasteiger partial charge in [-0.2, -0.15) is 0 Å². The summed E-state index contributed by atoms with van der Waals surface area (Å²) in [6, 6.07) is 12.8. The van der Waals surface area contributed by atoms with Crippen LogP contribution < -0.4 is 10.1 Å². The Bertz CT molecular complexity index is 685. The zero-order valence-electron chi connectivity index (χ0n) is 14.0. The molecule has 1 fully saturated rings. The minimum Gasteiger partial charge on any atom is -0.484 e. The molecule has 1 atom stereocenters. The molecule has 6 heteroatoms. The first-order chi connectivity index (χ1) is 12.2. The van der Waals surface area contributed by atoms with Crippen LogP contribution >= 0.6 is 0 Å². The van der Waals surface area contributed by atoms with E-state index >= 15 is 0 Å². The van der Waals surface area contributed by atoms with Gasteiger partial charge in [0, 0.05) is 13.1 Å². The molecule has 0 aliphatic carbocycles. The summed E-state index contributed by atoms with van der Waals surface area (Å²) in [7, 11) is 0. The summed E-state index contributed by atoms with van der Waals surface area (Å²) < 4.78 is 10.7. The number of amides is 2. The van der Waals surface area contributed by atoms with Crippen LogP contribution in [0.1, 0.15) is 18.6 Å². The van der Waals surface area contributed by atoms with Gasteiger partial charge in [0.1, 0.15) is 11.5 Å². The van der Waals surface area contributed by atoms with Crippen molar-refractivity contribution in [2.75, 3.05) is 19.7 Å². The number of rotatable bonds is 6. The Morgan fingerprint density at radius 3 is 2.80 bits per heavy atom. The molecule has 0 spiro atoms. The molecule has 6 nitrogen and oxygen atoms in total. The quantitative estimate of drug-likeness (QED) is 0.874. The topological polar surface area (TPSA) is 71.8 Å². The molecule has 1 aromatic heterocycles. The molecule has 3 rings (SSSR count). The molecule has 0 saturated carbocycles. The summed E-state index contributed by atoms with van der Waals surface area (Å²) in [5, 5.41) is 2.87. The van der Waals surface area contributed by atoms with E-state index in [2.05, 4.69) is 5.32 Å². The lowest BCUT2D eigenvalue weighted by molar-refractivity contribution is -0.137. The van der Waals surface area contributed by atoms with Gasteiger partial charge in [0.05, 0.1) is 18.7 Å². The molecule has 0 unspecified atom stereocenters. The van der Waals surface area contributed by atoms with Gasteiger partial charge in [0.2, 0.25) is 5.91 Å². The maximum Gasteiger partial charge on any atom is 0.260 e. The van der Waals surface area contributed by atoms with Crippen molar-refractivity contribution in [3.8, 4) is 5.75 Å². The van der Waals surface area contributed by atoms with Crippen LogP contribution in [-0.2, 0) is 16.1 Å². The van der Waals surface area contributed by atoms with E-state index in [0.29, 0.717) is 31.1 Å². The largest absolute Gasteiger partial charge is 0.484 e. The Kier molecular flexibility index (Phi) is 5.72. The smallest absolute Gasteiger partial charge is 0.260 e. The third-order valence-corrected chi connectivity index (χ3v) is 4.27. The average Bonchev–Trinajstić information content (AvgIpc) is 3.18. The number of benzene rings is 1. The van der Waals surface area contributed by atoms with E-state index in [1.807, 2.05) is 36.4 Å². The Hall–Kier alpha value is -2.76. The van der Waals surface area contributed by atoms with E-state index in [-0.39, 0.29) is 24.3 Å². The van der Waals surface area contributed by atoms with Crippen molar-refractivity contribution < 1.29 is 18.7 Å². The van der Waals surface area contributed by atoms with Crippen LogP contribution in [0.5, 0.6) is 5.75 Å². The molecule has 2 heterocycles. The molecule has 1 aromatic carbocycles. The summed E-state index contributed by atoms with van der Waals surface area (Å²) >= 11 is 0. The molecule has 2 amide bonds. The van der Waals surface area contributed by atoms with Gasteiger partial charge in [-0.15, -0.1) is 0 Å². The Balaban J connectivity index is 1.46. The first-order valence-electron chi connectivity index (χ1n) is 8.48. The maximum absolute atomic E-state index is 12.3. The third kappa shape index (κ3) is 4.86. The zero-order chi connectivity index (χ0) is 17.5. The fourth-order valence-corrected chi connectivity index (χ4v) is 2.90. The first kappa shape index (κ1) is 17.1. The SMILES string of the molecule is O=C(NCc1ccco1)[C@H]1CCCN(C(=O)COc2ccccc2)C1. The maximum atomic E-state index is 12.3. The summed E-state index contributed by atoms with van der Waals surface area (Å²) in [6.45, 7) is 1.46. The predicted molar refractivity (Wildman–Crippen MR) is 91.8 cm³/mol. The highest BCUT2D eigenvalue weighted by molar-refractivity contribution is 5.81. The second-order valence-electron chi connectivity index (χ2n) is 6.08. The summed E-state index contributed by atoms with van der Waals surface area (Å²) in [5.74, 6) is 1.06. The molecule has 132 valence electrons. The van der Waals surface area contributed by atoms with Crippen LogP contribution in [0, 0.1) is 5.92 Å². The van der Waals surface area contributed by atoms with Gasteiger partial charge >= 0.3 is 0 Å². The van der Waals surface area contributed by atoms with Gasteiger partial charge in [0.15, 0.2) is 6.61 Å². The summed E-state index contributed by atoms with van der Waals surface area (Å²) in [5.41, 5.74) is 0. The van der Waals surface area contributed by atoms with Crippen molar-refractivity contribution in [2.24, 2.45) is 5.92 Å². The lowest BCUT2D eigenvalue weighted by atomic mass is 9.97. The van der Waals surface area contributed by atoms with Gasteiger partial charge in [-0.3, -0.25) is 9.59 Å². The Morgan fingerprint density at radius 1 is 1.20 bits per heavy atom. The number of likely N-dealkylation sites (tertiary alicyclic amines) is 1. The highest BCUT2D eigenvalue weighted by atomic mass is 16.5. The number of nitrogens with zero attached hydrogens (tertiary/aromatic N) is 1. The molecular weight excluding hydrogens is 320 g/mol. The van der Waals surface area contributed by atoms with Gasteiger partial charge in [0.25, 0.3) is 5.91 Å². The average molecular weight is 342 g/mol. The van der Waals surface area contributed by atoms with Crippen molar-refractivity contribution in [1.82, 2.24) is 10.2 Å². The van der Waals surface area contributed by atoms with E-state index < -0.39 is 0 Å². The van der Waals surface area contributed by atoms with Crippen LogP contribution in [0.25, 0.3) is 0 Å². The molecule has 0 radical (unpaired) electrons. The molecule has 2 aromatic rings. The second-order valence-corrected chi connectivity index (χ2v) is 6.08. The van der Waals surface area contributed by atoms with Crippen molar-refractivity contribution in [3.63, 3.8) is 0 Å². The zero-order valence-corrected chi connectivity index (χ0v) is 14.0. The predicted octanol–water partition coefficient (Wildman–Crippen LogP) is 2.21. The fourth-order valence-electron chi connectivity index (χ4n) is 2.90. The van der Waals surface area contributed by atoms with E-state index in [0.717, 1.165) is 12.8 Å². The lowest BCUT2D eigenvalue weighted by Gasteiger charge is -2.32. The number of ether oxygens (including phenoxy) is 1. The van der Waals surface area contributed by atoms with Crippen LogP contribution in [0.15, 0.2) is 53.1 Å². The van der Waals surface area contributed by atoms with Crippen molar-refractivity contribution in [2.45, 2.75) is 19.4 Å². The molecule has 1 aliphatic rings. The molecule has 1 N–H and O–H groups in total. The number of hydrogen-bond acceptors (Lipinski definition) is 4. The number of nitrogens with one attached hydrogen (secondary N) is 1. The van der Waals surface area contributed by atoms with Crippen molar-refractivity contribution in [3.05, 3.63) is 54.5 Å². The minimum atomic E-state index is -0.190. The number of furan rings is 1. The van der Waals surface area contributed by atoms with E-state index in [1.165, 1.54) is 0 Å². The van der Waals surface area contributed by atoms with Crippen LogP contribution in [-0.4, -0.2) is 36.4 Å². The molecular formula is C19H22N2O4. The van der Waals surface area contributed by atoms with Crippen LogP contribution in [0.2, 0.25) is 0 Å². The van der Waals surface area contributed by atoms with Gasteiger partial charge < -0.3 is 19.4 Å². The summed E-state index contributed by atoms with van der Waals surface area (Å²) in [6.07, 6.45) is 3.18. The Morgan fingerprint density at radius 2 is 2.04 bits per heavy atom. The number of hydrogen-bond donors (Lipinski definition) is 1. The standard InChI is InChI=1S/C19H22N2O4/c22-18(14-25-16-7-2-1-3-8-16)21-10-4-6-15(13-21)19(23)20-12-17-9-5-11-24-17/h1-3,5,7-9,11,15H,4,6,10,12-14H2,(H,20,23)/t15-/m0/s1. The number of carbonyl (C=O) groups is 2. The third-order valence-electron chi connectivity index (χ3n) is 4.27. The molecule has 1 aliphatic heterocycles. The summed E-state index contributed by atoms with van der Waals surface area (Å²) in [4.78, 5) is 26.4. The number of carbonyl (C=O) groups excluding carboxylic acids is 2. The first-order valence-corrected chi connectivity index (χ1v) is 8.48. The molecule has 25 heavy (non-hydrogen) atoms. The van der Waals surface area contributed by atoms with Crippen molar-refractivity contribution in [1.29, 1.82) is 0 Å². The highest BCUT2D eigenvalue weighted by Crippen LogP contribution is 2.17. The monoisotopic (exact) mass is 342 g/mol. The minimum absolute atomic E-state index is 0.00918. The van der Waals surface area contributed by atoms with Gasteiger partial charge in [-0.05, 0) is 37.1 Å². The lowest BCUT2D eigenvalue weighted by Crippen LogP contribution is -2.46. The number of para-hydroxylation sites is 1. The van der Waals surface area contributed by atoms with E-state index in [9.17, 15) is 9.59 Å². The van der Waals surface area contributed by atoms with Gasteiger partial charge in [-0.25, -0.2) is 0 Å². The highest BCUT2D eigenvalue weighted by Gasteiger charge is 2.28. The molecule has 0 bridgehead atoms. The van der Waals surface area contributed by atoms with Crippen LogP contribution in [0.3, 0.4) is 0 Å². The normalized spacial score (nSPS) is 17.1. The Labute approximate surface area is 146 Å². The fraction of sp³-hybridized carbons (Fsp3) is 0.368. The van der Waals surface area contributed by atoms with E-state index in [4.69, 9.17) is 9.15 Å². The number of piperidine rings is 1.